The van der Waals surface area contributed by atoms with Gasteiger partial charge in [0, 0.05) is 24.4 Å². The van der Waals surface area contributed by atoms with Crippen LogP contribution in [0.2, 0.25) is 0 Å². The Bertz CT molecular complexity index is 434. The number of thioether (sulfide) groups is 1. The molecule has 0 aliphatic rings. The van der Waals surface area contributed by atoms with Crippen LogP contribution in [0.25, 0.3) is 0 Å². The van der Waals surface area contributed by atoms with Gasteiger partial charge < -0.3 is 5.21 Å². The molecule has 0 bridgehead atoms. The summed E-state index contributed by atoms with van der Waals surface area (Å²) in [5.74, 6) is 0.703. The molecule has 90 valence electrons. The van der Waals surface area contributed by atoms with Gasteiger partial charge in [-0.1, -0.05) is 11.8 Å². The topological polar surface area (TPSA) is 73.1 Å². The van der Waals surface area contributed by atoms with Gasteiger partial charge in [-0.25, -0.2) is 13.1 Å². The highest BCUT2D eigenvalue weighted by Crippen LogP contribution is 2.12. The molecule has 16 heavy (non-hydrogen) atoms. The van der Waals surface area contributed by atoms with Crippen LogP contribution in [0.1, 0.15) is 6.42 Å². The molecule has 0 spiro atoms. The first-order chi connectivity index (χ1) is 7.49. The van der Waals surface area contributed by atoms with E-state index in [1.807, 2.05) is 0 Å². The maximum atomic E-state index is 11.2. The molecule has 1 aromatic heterocycles. The lowest BCUT2D eigenvalue weighted by Gasteiger charge is -2.03. The summed E-state index contributed by atoms with van der Waals surface area (Å²) in [7, 11) is -3.10. The van der Waals surface area contributed by atoms with Crippen LogP contribution in [0.5, 0.6) is 0 Å². The summed E-state index contributed by atoms with van der Waals surface area (Å²) in [6.07, 6.45) is 3.26. The van der Waals surface area contributed by atoms with E-state index in [0.717, 1.165) is 11.0 Å². The summed E-state index contributed by atoms with van der Waals surface area (Å²) in [6, 6.07) is 5.20. The zero-order valence-corrected chi connectivity index (χ0v) is 10.6. The van der Waals surface area contributed by atoms with E-state index in [0.29, 0.717) is 23.7 Å². The lowest BCUT2D eigenvalue weighted by Crippen LogP contribution is -2.28. The van der Waals surface area contributed by atoms with Crippen molar-refractivity contribution in [2.45, 2.75) is 11.4 Å². The van der Waals surface area contributed by atoms with E-state index in [-0.39, 0.29) is 0 Å². The Kier molecular flexibility index (Phi) is 5.04. The Morgan fingerprint density at radius 3 is 2.88 bits per heavy atom. The zero-order valence-electron chi connectivity index (χ0n) is 8.92. The first-order valence-electron chi connectivity index (χ1n) is 4.75. The first-order valence-corrected chi connectivity index (χ1v) is 7.62. The van der Waals surface area contributed by atoms with E-state index in [9.17, 15) is 13.6 Å². The van der Waals surface area contributed by atoms with Crippen molar-refractivity contribution < 1.29 is 13.1 Å². The van der Waals surface area contributed by atoms with Crippen LogP contribution >= 0.6 is 11.8 Å². The van der Waals surface area contributed by atoms with Crippen molar-refractivity contribution in [1.82, 2.24) is 4.72 Å². The highest BCUT2D eigenvalue weighted by Gasteiger charge is 2.04. The Morgan fingerprint density at radius 1 is 1.50 bits per heavy atom. The van der Waals surface area contributed by atoms with Gasteiger partial charge in [0.05, 0.1) is 6.26 Å². The van der Waals surface area contributed by atoms with Crippen molar-refractivity contribution in [3.63, 3.8) is 0 Å². The Morgan fingerprint density at radius 2 is 2.25 bits per heavy atom. The van der Waals surface area contributed by atoms with Gasteiger partial charge in [0.2, 0.25) is 10.0 Å². The van der Waals surface area contributed by atoms with Crippen LogP contribution in [0, 0.1) is 5.21 Å². The maximum Gasteiger partial charge on any atom is 0.251 e. The van der Waals surface area contributed by atoms with Gasteiger partial charge in [-0.05, 0) is 12.5 Å². The van der Waals surface area contributed by atoms with Gasteiger partial charge in [-0.3, -0.25) is 0 Å². The van der Waals surface area contributed by atoms with E-state index >= 15 is 0 Å². The minimum atomic E-state index is -3.10. The summed E-state index contributed by atoms with van der Waals surface area (Å²) in [5.41, 5.74) is 0. The Labute approximate surface area is 99.5 Å². The Balaban J connectivity index is 2.24. The number of aromatic nitrogens is 1. The molecule has 0 saturated heterocycles. The van der Waals surface area contributed by atoms with E-state index in [1.165, 1.54) is 18.0 Å². The molecule has 0 amide bonds. The molecule has 0 aliphatic heterocycles. The molecule has 0 unspecified atom stereocenters. The fraction of sp³-hybridized carbons (Fsp3) is 0.444. The quantitative estimate of drug-likeness (QED) is 0.347. The number of rotatable bonds is 6. The molecule has 1 aromatic rings. The highest BCUT2D eigenvalue weighted by molar-refractivity contribution is 7.99. The number of sulfonamides is 1. The largest absolute Gasteiger partial charge is 0.618 e. The molecule has 0 radical (unpaired) electrons. The minimum absolute atomic E-state index is 0.400. The van der Waals surface area contributed by atoms with Gasteiger partial charge in [0.15, 0.2) is 6.20 Å². The van der Waals surface area contributed by atoms with Crippen molar-refractivity contribution in [2.75, 3.05) is 18.6 Å². The van der Waals surface area contributed by atoms with Crippen molar-refractivity contribution in [1.29, 1.82) is 0 Å². The highest BCUT2D eigenvalue weighted by atomic mass is 32.2. The monoisotopic (exact) mass is 262 g/mol. The molecular weight excluding hydrogens is 248 g/mol. The molecule has 1 N–H and O–H groups in total. The second-order valence-corrected chi connectivity index (χ2v) is 6.18. The van der Waals surface area contributed by atoms with Crippen LogP contribution in [0.15, 0.2) is 29.4 Å². The van der Waals surface area contributed by atoms with Gasteiger partial charge in [0.25, 0.3) is 5.03 Å². The number of nitrogens with zero attached hydrogens (tertiary/aromatic N) is 1. The molecule has 1 heterocycles. The van der Waals surface area contributed by atoms with E-state index in [2.05, 4.69) is 4.72 Å². The molecule has 7 heteroatoms. The van der Waals surface area contributed by atoms with Crippen LogP contribution in [-0.4, -0.2) is 27.0 Å². The number of hydrogen-bond donors (Lipinski definition) is 1. The Hall–Kier alpha value is -0.790. The third-order valence-electron chi connectivity index (χ3n) is 1.72. The van der Waals surface area contributed by atoms with Crippen molar-refractivity contribution in [2.24, 2.45) is 0 Å². The number of pyridine rings is 1. The van der Waals surface area contributed by atoms with Gasteiger partial charge in [0.1, 0.15) is 0 Å². The summed E-state index contributed by atoms with van der Waals surface area (Å²) >= 11 is 1.41. The van der Waals surface area contributed by atoms with Crippen molar-refractivity contribution in [3.8, 4) is 0 Å². The van der Waals surface area contributed by atoms with Gasteiger partial charge in [-0.15, -0.1) is 0 Å². The van der Waals surface area contributed by atoms with Gasteiger partial charge >= 0.3 is 0 Å². The maximum absolute atomic E-state index is 11.2. The van der Waals surface area contributed by atoms with Crippen LogP contribution in [-0.2, 0) is 10.0 Å². The summed E-state index contributed by atoms with van der Waals surface area (Å²) in [6.45, 7) is 0.400. The lowest BCUT2D eigenvalue weighted by molar-refractivity contribution is -0.645. The molecule has 0 aliphatic carbocycles. The molecule has 0 fully saturated rings. The van der Waals surface area contributed by atoms with Crippen LogP contribution in [0.4, 0.5) is 0 Å². The van der Waals surface area contributed by atoms with Crippen LogP contribution in [0.3, 0.4) is 0 Å². The van der Waals surface area contributed by atoms with Crippen LogP contribution < -0.4 is 9.45 Å². The van der Waals surface area contributed by atoms with E-state index in [1.54, 1.807) is 18.2 Å². The lowest BCUT2D eigenvalue weighted by atomic mass is 10.5. The molecule has 0 saturated carbocycles. The summed E-state index contributed by atoms with van der Waals surface area (Å²) < 4.78 is 24.7. The summed E-state index contributed by atoms with van der Waals surface area (Å²) in [4.78, 5) is 0. The van der Waals surface area contributed by atoms with Gasteiger partial charge in [-0.2, -0.15) is 4.73 Å². The molecule has 0 aromatic carbocycles. The van der Waals surface area contributed by atoms with Crippen molar-refractivity contribution in [3.05, 3.63) is 29.6 Å². The minimum Gasteiger partial charge on any atom is -0.618 e. The second-order valence-electron chi connectivity index (χ2n) is 3.23. The SMILES string of the molecule is CS(=O)(=O)NCCCSc1cccc[n+]1[O-]. The molecular formula is C9H14N2O3S2. The standard InChI is InChI=1S/C9H14N2O3S2/c1-16(13,14)10-6-4-8-15-9-5-2-3-7-11(9)12/h2-3,5,7,10H,4,6,8H2,1H3. The fourth-order valence-corrected chi connectivity index (χ4v) is 2.41. The molecule has 0 atom stereocenters. The third kappa shape index (κ3) is 5.34. The average molecular weight is 262 g/mol. The first kappa shape index (κ1) is 13.3. The van der Waals surface area contributed by atoms with E-state index < -0.39 is 10.0 Å². The zero-order chi connectivity index (χ0) is 12.0. The fourth-order valence-electron chi connectivity index (χ4n) is 1.03. The average Bonchev–Trinajstić information content (AvgIpc) is 2.18. The second kappa shape index (κ2) is 6.07. The van der Waals surface area contributed by atoms with E-state index in [4.69, 9.17) is 0 Å². The smallest absolute Gasteiger partial charge is 0.251 e. The molecule has 5 nitrogen and oxygen atoms in total. The predicted octanol–water partition coefficient (Wildman–Crippen LogP) is 0.351. The summed E-state index contributed by atoms with van der Waals surface area (Å²) in [5, 5.41) is 11.9. The van der Waals surface area contributed by atoms with Crippen molar-refractivity contribution >= 4 is 21.8 Å². The molecule has 1 rings (SSSR count). The normalized spacial score (nSPS) is 11.6. The number of hydrogen-bond acceptors (Lipinski definition) is 4. The number of nitrogens with one attached hydrogen (secondary N) is 1. The third-order valence-corrected chi connectivity index (χ3v) is 3.56. The predicted molar refractivity (Wildman–Crippen MR) is 63.6 cm³/mol.